The number of aromatic amines is 1. The van der Waals surface area contributed by atoms with Crippen LogP contribution in [0.1, 0.15) is 94.2 Å². The number of aliphatic carboxylic acids is 1. The number of nitrogens with zero attached hydrogens (tertiary/aromatic N) is 5. The molecule has 1 aromatic heterocycles. The highest BCUT2D eigenvalue weighted by atomic mass is 32.2. The van der Waals surface area contributed by atoms with Crippen LogP contribution in [0.2, 0.25) is 0 Å². The number of carboxylic acid groups (broad SMARTS) is 1. The van der Waals surface area contributed by atoms with E-state index in [-0.39, 0.29) is 80.5 Å². The van der Waals surface area contributed by atoms with E-state index in [2.05, 4.69) is 52.8 Å². The molecule has 1 aliphatic heterocycles. The number of fused-ring (bicyclic) bond motifs is 1. The summed E-state index contributed by atoms with van der Waals surface area (Å²) >= 11 is 0.845. The fourth-order valence-corrected chi connectivity index (χ4v) is 15.9. The van der Waals surface area contributed by atoms with Gasteiger partial charge < -0.3 is 98.2 Å². The molecule has 8 rings (SSSR count). The number of carboxylic acids is 1. The predicted octanol–water partition coefficient (Wildman–Crippen LogP) is 1.97. The number of phenolic OH excluding ortho intramolecular Hbond substituents is 2. The molecule has 12 atom stereocenters. The molecule has 6 aromatic carbocycles. The van der Waals surface area contributed by atoms with Crippen molar-refractivity contribution in [1.29, 1.82) is 0 Å². The average Bonchev–Trinajstić information content (AvgIpc) is 1.14. The monoisotopic (exact) mass is 1800 g/mol. The third-order valence-corrected chi connectivity index (χ3v) is 23.1. The Balaban J connectivity index is 1.21. The fourth-order valence-electron chi connectivity index (χ4n) is 15.1. The topological polar surface area (TPSA) is 503 Å². The number of aromatic hydroxyl groups is 2. The minimum absolute atomic E-state index is 0.00487. The molecule has 1 saturated heterocycles. The Morgan fingerprint density at radius 3 is 1.47 bits per heavy atom. The zero-order valence-electron chi connectivity index (χ0n) is 74.4. The number of aliphatic hydroxyl groups excluding tert-OH is 1. The summed E-state index contributed by atoms with van der Waals surface area (Å²) in [5, 5.41) is 68.6. The highest BCUT2D eigenvalue weighted by Crippen LogP contribution is 2.25. The highest BCUT2D eigenvalue weighted by Gasteiger charge is 2.43. The van der Waals surface area contributed by atoms with Gasteiger partial charge in [-0.25, -0.2) is 0 Å². The number of phenols is 2. The van der Waals surface area contributed by atoms with Gasteiger partial charge in [0, 0.05) is 90.2 Å². The second-order valence-corrected chi connectivity index (χ2v) is 34.7. The zero-order valence-corrected chi connectivity index (χ0v) is 75.2. The minimum atomic E-state index is -1.91. The molecular formula is C93H120N16O19S. The van der Waals surface area contributed by atoms with Gasteiger partial charge >= 0.3 is 5.97 Å². The molecule has 0 aliphatic carbocycles. The summed E-state index contributed by atoms with van der Waals surface area (Å²) < 4.78 is 0. The summed E-state index contributed by atoms with van der Waals surface area (Å²) in [7, 11) is 6.55. The number of hydrogen-bond donors (Lipinski definition) is 15. The molecule has 36 heteroatoms. The first-order valence-corrected chi connectivity index (χ1v) is 43.8. The summed E-state index contributed by atoms with van der Waals surface area (Å²) in [6.07, 6.45) is -2.47. The van der Waals surface area contributed by atoms with Gasteiger partial charge in [0.2, 0.25) is 82.7 Å². The van der Waals surface area contributed by atoms with E-state index in [0.717, 1.165) is 31.4 Å². The molecule has 1 fully saturated rings. The Morgan fingerprint density at radius 1 is 0.457 bits per heavy atom. The molecular weight excluding hydrogens is 1680 g/mol. The van der Waals surface area contributed by atoms with Gasteiger partial charge in [0.05, 0.1) is 43.9 Å². The Hall–Kier alpha value is -13.2. The van der Waals surface area contributed by atoms with Crippen molar-refractivity contribution in [3.8, 4) is 11.5 Å². The first kappa shape index (κ1) is 101. The van der Waals surface area contributed by atoms with Gasteiger partial charge in [-0.1, -0.05) is 175 Å². The van der Waals surface area contributed by atoms with E-state index < -0.39 is 199 Å². The third kappa shape index (κ3) is 30.8. The maximum atomic E-state index is 15.5. The number of likely N-dealkylation sites (N-methyl/N-ethyl adjacent to an activating group) is 5. The van der Waals surface area contributed by atoms with E-state index in [1.807, 2.05) is 0 Å². The molecule has 1 aliphatic rings. The lowest BCUT2D eigenvalue weighted by molar-refractivity contribution is -0.151. The van der Waals surface area contributed by atoms with Crippen molar-refractivity contribution in [1.82, 2.24) is 77.3 Å². The molecule has 0 radical (unpaired) electrons. The standard InChI is InChI=1S/C93H120N16O19S/c1-54(2)39-67-84(119)103-73(83(118)96-49-77(94)112)52-129-53-80(115)99-72(42-57-23-15-12-16-24-57)90(125)108(10)76(45-59-27-19-14-20-28-59)92(127)109(11)75(40-55(3)4)91(126)106(8)51-79(114)98-70(47-81(116)117)87(122)104-82(56(5)6)93(128)107(9)74(44-58-25-17-13-18-26-58)88(123)102-71(43-61-33-37-64(111)38-34-61)89(124)105(7)50-78(113)97-69(46-62-48-95-66-30-22-21-29-65(62)66)86(121)101-68(85(120)100-67)41-60-31-35-63(110)36-32-60/h12-38,48,54-56,67-76,82,85,95,100,110-111,120H,39-47,49-53H2,1-11H3,(H2,94,112)(H,96,118)(H,97,113)(H,98,114)(H,99,115)(H,101,121)(H,102,123)(H,103,119)(H,104,122)(H,116,117)/t67-,68-,69-,70-,71-,72-,73-,74-,75-,76-,82-,85?/m0/s1. The third-order valence-electron chi connectivity index (χ3n) is 22.1. The number of primary amides is 1. The van der Waals surface area contributed by atoms with Crippen molar-refractivity contribution >= 4 is 111 Å². The summed E-state index contributed by atoms with van der Waals surface area (Å²) in [5.41, 5.74) is 9.23. The number of rotatable bonds is 22. The van der Waals surface area contributed by atoms with Gasteiger partial charge in [0.1, 0.15) is 72.1 Å². The minimum Gasteiger partial charge on any atom is -0.508 e. The molecule has 16 N–H and O–H groups in total. The van der Waals surface area contributed by atoms with Gasteiger partial charge in [-0.3, -0.25) is 77.2 Å². The molecule has 129 heavy (non-hydrogen) atoms. The number of nitrogens with two attached hydrogens (primary N) is 1. The Bertz CT molecular complexity index is 5030. The van der Waals surface area contributed by atoms with Crippen LogP contribution in [0.25, 0.3) is 10.9 Å². The molecule has 0 bridgehead atoms. The first-order valence-electron chi connectivity index (χ1n) is 42.7. The van der Waals surface area contributed by atoms with Crippen molar-refractivity contribution in [2.45, 2.75) is 172 Å². The Morgan fingerprint density at radius 2 is 0.922 bits per heavy atom. The molecule has 1 unspecified atom stereocenters. The average molecular weight is 1800 g/mol. The number of thioether (sulfide) groups is 1. The molecule has 35 nitrogen and oxygen atoms in total. The molecule has 2 heterocycles. The fraction of sp³-hybridized carbons (Fsp3) is 0.430. The number of benzene rings is 6. The van der Waals surface area contributed by atoms with Gasteiger partial charge in [-0.05, 0) is 101 Å². The van der Waals surface area contributed by atoms with Crippen LogP contribution in [-0.2, 0) is 110 Å². The number of H-pyrrole nitrogens is 1. The van der Waals surface area contributed by atoms with Gasteiger partial charge in [-0.2, -0.15) is 0 Å². The van der Waals surface area contributed by atoms with Crippen molar-refractivity contribution < 1.29 is 92.3 Å². The van der Waals surface area contributed by atoms with E-state index in [0.29, 0.717) is 44.3 Å². The maximum Gasteiger partial charge on any atom is 0.305 e. The van der Waals surface area contributed by atoms with Gasteiger partial charge in [0.15, 0.2) is 0 Å². The number of para-hydroxylation sites is 1. The lowest BCUT2D eigenvalue weighted by atomic mass is 9.97. The second-order valence-electron chi connectivity index (χ2n) is 33.7. The van der Waals surface area contributed by atoms with Crippen LogP contribution in [0.4, 0.5) is 0 Å². The molecule has 0 spiro atoms. The Labute approximate surface area is 753 Å². The second kappa shape index (κ2) is 48.6. The number of aliphatic hydroxyl groups is 1. The lowest BCUT2D eigenvalue weighted by Gasteiger charge is -2.37. The van der Waals surface area contributed by atoms with Crippen LogP contribution in [0.5, 0.6) is 11.5 Å². The van der Waals surface area contributed by atoms with Crippen LogP contribution in [-0.4, -0.2) is 278 Å². The van der Waals surface area contributed by atoms with Crippen molar-refractivity contribution in [3.05, 3.63) is 203 Å². The molecule has 7 aromatic rings. The first-order chi connectivity index (χ1) is 61.2. The summed E-state index contributed by atoms with van der Waals surface area (Å²) in [6, 6.07) is 27.8. The summed E-state index contributed by atoms with van der Waals surface area (Å²) in [5.74, 6) is -16.5. The largest absolute Gasteiger partial charge is 0.508 e. The molecule has 0 saturated carbocycles. The van der Waals surface area contributed by atoms with E-state index >= 15 is 38.4 Å². The highest BCUT2D eigenvalue weighted by molar-refractivity contribution is 8.00. The summed E-state index contributed by atoms with van der Waals surface area (Å²) in [4.78, 5) is 228. The van der Waals surface area contributed by atoms with E-state index in [4.69, 9.17) is 5.73 Å². The number of aromatic nitrogens is 1. The van der Waals surface area contributed by atoms with Crippen LogP contribution >= 0.6 is 11.8 Å². The summed E-state index contributed by atoms with van der Waals surface area (Å²) in [6.45, 7) is 7.99. The zero-order chi connectivity index (χ0) is 94.5. The molecule has 14 amide bonds. The molecule has 692 valence electrons. The van der Waals surface area contributed by atoms with E-state index in [1.54, 1.807) is 163 Å². The van der Waals surface area contributed by atoms with E-state index in [1.165, 1.54) is 88.7 Å². The van der Waals surface area contributed by atoms with Gasteiger partial charge in [0.25, 0.3) is 0 Å². The van der Waals surface area contributed by atoms with Gasteiger partial charge in [-0.15, -0.1) is 11.8 Å². The van der Waals surface area contributed by atoms with Crippen LogP contribution in [0.15, 0.2) is 170 Å². The van der Waals surface area contributed by atoms with Crippen LogP contribution in [0.3, 0.4) is 0 Å². The van der Waals surface area contributed by atoms with Crippen LogP contribution in [0, 0.1) is 17.8 Å². The number of carbonyl (C=O) groups excluding carboxylic acids is 14. The SMILES string of the molecule is CC(C)C[C@@H]1NC(O)[C@H](Cc2ccc(O)cc2)NC(=O)[C@H](Cc2c[nH]c3ccccc23)NC(=O)CN(C)C(=O)[C@H](Cc2ccc(O)cc2)NC(=O)[C@H](Cc2ccccc2)N(C)C(=O)[C@H](C(C)C)NC(=O)[C@H](CC(=O)O)NC(=O)CN(C)C(=O)[C@H](CC(C)C)N(C)C(=O)[C@H](Cc2ccccc2)N(C)C(=O)[C@H](Cc2ccccc2)NC(=O)CSC[C@@H](C(=O)NCC(N)=O)NC1=O. The quantitative estimate of drug-likeness (QED) is 0.0461. The van der Waals surface area contributed by atoms with Crippen LogP contribution < -0.4 is 53.6 Å². The van der Waals surface area contributed by atoms with E-state index in [9.17, 15) is 54.0 Å². The number of carbonyl (C=O) groups is 15. The Kier molecular flexibility index (Phi) is 38.2. The van der Waals surface area contributed by atoms with Crippen molar-refractivity contribution in [2.75, 3.05) is 66.4 Å². The number of amides is 14. The maximum absolute atomic E-state index is 15.5. The van der Waals surface area contributed by atoms with Crippen molar-refractivity contribution in [2.24, 2.45) is 23.5 Å². The normalized spacial score (nSPS) is 22.6. The van der Waals surface area contributed by atoms with Crippen molar-refractivity contribution in [3.63, 3.8) is 0 Å². The lowest BCUT2D eigenvalue weighted by Crippen LogP contribution is -2.61. The number of nitrogens with one attached hydrogen (secondary N) is 10. The number of hydrogen-bond acceptors (Lipinski definition) is 20. The smallest absolute Gasteiger partial charge is 0.305 e. The predicted molar refractivity (Wildman–Crippen MR) is 483 cm³/mol.